The molecule has 0 spiro atoms. The number of anilines is 1. The van der Waals surface area contributed by atoms with Crippen molar-refractivity contribution in [3.05, 3.63) is 82.8 Å². The van der Waals surface area contributed by atoms with Crippen LogP contribution in [0.3, 0.4) is 0 Å². The molecule has 2 aromatic carbocycles. The molecule has 0 bridgehead atoms. The van der Waals surface area contributed by atoms with Gasteiger partial charge in [-0.15, -0.1) is 0 Å². The third kappa shape index (κ3) is 5.57. The Morgan fingerprint density at radius 3 is 2.42 bits per heavy atom. The number of hydrogen-bond donors (Lipinski definition) is 1. The maximum Gasteiger partial charge on any atom is 0.277 e. The van der Waals surface area contributed by atoms with E-state index in [9.17, 15) is 9.18 Å². The Morgan fingerprint density at radius 2 is 1.71 bits per heavy atom. The lowest BCUT2D eigenvalue weighted by atomic mass is 10.1. The first-order valence-corrected chi connectivity index (χ1v) is 10.5. The highest BCUT2D eigenvalue weighted by Crippen LogP contribution is 2.18. The van der Waals surface area contributed by atoms with Crippen LogP contribution < -0.4 is 5.32 Å². The minimum atomic E-state index is -0.271. The average Bonchev–Trinajstić information content (AvgIpc) is 3.22. The number of nitrogens with one attached hydrogen (secondary N) is 1. The van der Waals surface area contributed by atoms with Crippen molar-refractivity contribution in [2.45, 2.75) is 26.9 Å². The first-order chi connectivity index (χ1) is 15.0. The quantitative estimate of drug-likeness (QED) is 0.651. The third-order valence-electron chi connectivity index (χ3n) is 5.57. The first kappa shape index (κ1) is 21.2. The van der Waals surface area contributed by atoms with Crippen LogP contribution in [0.15, 0.2) is 53.1 Å². The van der Waals surface area contributed by atoms with Gasteiger partial charge in [-0.2, -0.15) is 0 Å². The smallest absolute Gasteiger partial charge is 0.277 e. The van der Waals surface area contributed by atoms with Crippen LogP contribution in [0.5, 0.6) is 0 Å². The number of benzene rings is 2. The molecule has 1 N–H and O–H groups in total. The molecule has 0 atom stereocenters. The number of aryl methyl sites for hydroxylation is 2. The summed E-state index contributed by atoms with van der Waals surface area (Å²) < 4.78 is 18.6. The van der Waals surface area contributed by atoms with Gasteiger partial charge in [0, 0.05) is 38.4 Å². The predicted octanol–water partition coefficient (Wildman–Crippen LogP) is 4.00. The highest BCUT2D eigenvalue weighted by atomic mass is 19.1. The molecule has 0 radical (unpaired) electrons. The van der Waals surface area contributed by atoms with Gasteiger partial charge in [0.1, 0.15) is 12.1 Å². The number of hydrogen-bond acceptors (Lipinski definition) is 5. The molecule has 0 aliphatic carbocycles. The largest absolute Gasteiger partial charge is 0.447 e. The summed E-state index contributed by atoms with van der Waals surface area (Å²) in [4.78, 5) is 21.5. The van der Waals surface area contributed by atoms with E-state index in [1.54, 1.807) is 0 Å². The molecule has 1 fully saturated rings. The molecule has 0 saturated carbocycles. The van der Waals surface area contributed by atoms with Crippen molar-refractivity contribution in [1.29, 1.82) is 0 Å². The summed E-state index contributed by atoms with van der Waals surface area (Å²) in [5.74, 6) is 0.0625. The Morgan fingerprint density at radius 1 is 1.03 bits per heavy atom. The van der Waals surface area contributed by atoms with E-state index in [4.69, 9.17) is 4.42 Å². The lowest BCUT2D eigenvalue weighted by Crippen LogP contribution is -2.45. The molecule has 4 rings (SSSR count). The summed E-state index contributed by atoms with van der Waals surface area (Å²) >= 11 is 0. The van der Waals surface area contributed by atoms with Crippen molar-refractivity contribution in [1.82, 2.24) is 14.8 Å². The summed E-state index contributed by atoms with van der Waals surface area (Å²) in [6.45, 7) is 8.93. The summed E-state index contributed by atoms with van der Waals surface area (Å²) in [5.41, 5.74) is 4.27. The number of piperazine rings is 1. The minimum Gasteiger partial charge on any atom is -0.447 e. The van der Waals surface area contributed by atoms with Crippen molar-refractivity contribution < 1.29 is 13.6 Å². The van der Waals surface area contributed by atoms with E-state index >= 15 is 0 Å². The van der Waals surface area contributed by atoms with Crippen LogP contribution in [0.2, 0.25) is 0 Å². The Bertz CT molecular complexity index is 1040. The van der Waals surface area contributed by atoms with Crippen LogP contribution in [-0.4, -0.2) is 46.9 Å². The summed E-state index contributed by atoms with van der Waals surface area (Å²) in [5, 5.41) is 2.91. The van der Waals surface area contributed by atoms with Gasteiger partial charge in [-0.25, -0.2) is 9.37 Å². The third-order valence-corrected chi connectivity index (χ3v) is 5.57. The molecule has 1 aliphatic rings. The van der Waals surface area contributed by atoms with Crippen molar-refractivity contribution in [2.75, 3.05) is 31.5 Å². The molecular weight excluding hydrogens is 395 g/mol. The molecule has 2 heterocycles. The number of halogens is 1. The Hall–Kier alpha value is -3.03. The second-order valence-corrected chi connectivity index (χ2v) is 8.08. The standard InChI is InChI=1S/C24H27FN4O2/c1-17-3-4-18(2)21(13-17)27-24(30)22-16-31-23(26-22)15-29-11-9-28(10-12-29)14-19-5-7-20(25)8-6-19/h3-8,13,16H,9-12,14-15H2,1-2H3,(H,27,30). The fourth-order valence-corrected chi connectivity index (χ4v) is 3.69. The number of carbonyl (C=O) groups excluding carboxylic acids is 1. The minimum absolute atomic E-state index is 0.207. The lowest BCUT2D eigenvalue weighted by molar-refractivity contribution is 0.102. The molecule has 31 heavy (non-hydrogen) atoms. The van der Waals surface area contributed by atoms with Crippen LogP contribution in [-0.2, 0) is 13.1 Å². The zero-order chi connectivity index (χ0) is 21.8. The van der Waals surface area contributed by atoms with E-state index in [1.165, 1.54) is 18.4 Å². The Balaban J connectivity index is 1.28. The number of amides is 1. The molecular formula is C24H27FN4O2. The normalized spacial score (nSPS) is 15.2. The van der Waals surface area contributed by atoms with Gasteiger partial charge in [-0.3, -0.25) is 14.6 Å². The number of rotatable bonds is 6. The molecule has 1 aromatic heterocycles. The van der Waals surface area contributed by atoms with Crippen molar-refractivity contribution in [3.63, 3.8) is 0 Å². The zero-order valence-corrected chi connectivity index (χ0v) is 17.9. The van der Waals surface area contributed by atoms with Gasteiger partial charge in [0.2, 0.25) is 5.89 Å². The SMILES string of the molecule is Cc1ccc(C)c(NC(=O)c2coc(CN3CCN(Cc4ccc(F)cc4)CC3)n2)c1. The molecule has 1 aliphatic heterocycles. The van der Waals surface area contributed by atoms with Crippen LogP contribution >= 0.6 is 0 Å². The van der Waals surface area contributed by atoms with Crippen LogP contribution in [0.4, 0.5) is 10.1 Å². The summed E-state index contributed by atoms with van der Waals surface area (Å²) in [7, 11) is 0. The van der Waals surface area contributed by atoms with Crippen molar-refractivity contribution >= 4 is 11.6 Å². The van der Waals surface area contributed by atoms with Gasteiger partial charge in [0.15, 0.2) is 5.69 Å². The van der Waals surface area contributed by atoms with Gasteiger partial charge < -0.3 is 9.73 Å². The molecule has 7 heteroatoms. The molecule has 162 valence electrons. The summed E-state index contributed by atoms with van der Waals surface area (Å²) in [6, 6.07) is 12.6. The monoisotopic (exact) mass is 422 g/mol. The Kier molecular flexibility index (Phi) is 6.44. The number of carbonyl (C=O) groups is 1. The second kappa shape index (κ2) is 9.41. The maximum atomic E-state index is 13.1. The van der Waals surface area contributed by atoms with E-state index in [-0.39, 0.29) is 17.4 Å². The van der Waals surface area contributed by atoms with Gasteiger partial charge in [-0.1, -0.05) is 24.3 Å². The lowest BCUT2D eigenvalue weighted by Gasteiger charge is -2.34. The van der Waals surface area contributed by atoms with Gasteiger partial charge in [0.05, 0.1) is 6.54 Å². The van der Waals surface area contributed by atoms with E-state index in [2.05, 4.69) is 20.1 Å². The maximum absolute atomic E-state index is 13.1. The number of nitrogens with zero attached hydrogens (tertiary/aromatic N) is 3. The second-order valence-electron chi connectivity index (χ2n) is 8.08. The highest BCUT2D eigenvalue weighted by molar-refractivity contribution is 6.03. The van der Waals surface area contributed by atoms with Crippen LogP contribution in [0, 0.1) is 19.7 Å². The first-order valence-electron chi connectivity index (χ1n) is 10.5. The van der Waals surface area contributed by atoms with Crippen LogP contribution in [0.25, 0.3) is 0 Å². The fourth-order valence-electron chi connectivity index (χ4n) is 3.69. The van der Waals surface area contributed by atoms with Crippen molar-refractivity contribution in [3.8, 4) is 0 Å². The van der Waals surface area contributed by atoms with Gasteiger partial charge in [-0.05, 0) is 48.7 Å². The average molecular weight is 423 g/mol. The van der Waals surface area contributed by atoms with Gasteiger partial charge >= 0.3 is 0 Å². The predicted molar refractivity (Wildman–Crippen MR) is 117 cm³/mol. The van der Waals surface area contributed by atoms with Crippen LogP contribution in [0.1, 0.15) is 33.1 Å². The highest BCUT2D eigenvalue weighted by Gasteiger charge is 2.20. The number of oxazole rings is 1. The number of aromatic nitrogens is 1. The Labute approximate surface area is 181 Å². The summed E-state index contributed by atoms with van der Waals surface area (Å²) in [6.07, 6.45) is 1.42. The molecule has 3 aromatic rings. The van der Waals surface area contributed by atoms with E-state index in [1.807, 2.05) is 44.2 Å². The van der Waals surface area contributed by atoms with E-state index in [0.717, 1.165) is 55.1 Å². The molecule has 0 unspecified atom stereocenters. The van der Waals surface area contributed by atoms with Crippen molar-refractivity contribution in [2.24, 2.45) is 0 Å². The van der Waals surface area contributed by atoms with E-state index < -0.39 is 0 Å². The topological polar surface area (TPSA) is 61.6 Å². The molecule has 6 nitrogen and oxygen atoms in total. The van der Waals surface area contributed by atoms with Gasteiger partial charge in [0.25, 0.3) is 5.91 Å². The zero-order valence-electron chi connectivity index (χ0n) is 17.9. The molecule has 1 saturated heterocycles. The fraction of sp³-hybridized carbons (Fsp3) is 0.333. The van der Waals surface area contributed by atoms with E-state index in [0.29, 0.717) is 12.4 Å². The molecule has 1 amide bonds.